The minimum atomic E-state index is -0.159. The molecule has 0 aliphatic carbocycles. The molecule has 0 aliphatic rings. The van der Waals surface area contributed by atoms with Crippen LogP contribution in [0.25, 0.3) is 0 Å². The van der Waals surface area contributed by atoms with Crippen LogP contribution in [-0.2, 0) is 9.53 Å². The van der Waals surface area contributed by atoms with Gasteiger partial charge in [0.25, 0.3) is 0 Å². The van der Waals surface area contributed by atoms with Crippen LogP contribution in [0, 0.1) is 0 Å². The molecule has 3 nitrogen and oxygen atoms in total. The second-order valence-electron chi connectivity index (χ2n) is 1.92. The number of carbonyl (C=O) groups is 1. The second kappa shape index (κ2) is 4.99. The third-order valence-electron chi connectivity index (χ3n) is 0.927. The predicted octanol–water partition coefficient (Wildman–Crippen LogP) is 0.673. The zero-order valence-electron chi connectivity index (χ0n) is 6.44. The van der Waals surface area contributed by atoms with E-state index in [-0.39, 0.29) is 12.6 Å². The van der Waals surface area contributed by atoms with E-state index < -0.39 is 0 Å². The van der Waals surface area contributed by atoms with Crippen LogP contribution in [0.15, 0.2) is 12.2 Å². The van der Waals surface area contributed by atoms with Gasteiger partial charge in [-0.05, 0) is 13.8 Å². The van der Waals surface area contributed by atoms with Crippen molar-refractivity contribution in [3.05, 3.63) is 12.2 Å². The van der Waals surface area contributed by atoms with Gasteiger partial charge in [0.1, 0.15) is 6.73 Å². The first kappa shape index (κ1) is 9.17. The Balaban J connectivity index is 3.31. The van der Waals surface area contributed by atoms with Gasteiger partial charge < -0.3 is 10.1 Å². The van der Waals surface area contributed by atoms with E-state index in [4.69, 9.17) is 4.74 Å². The molecule has 0 saturated carbocycles. The molecule has 58 valence electrons. The van der Waals surface area contributed by atoms with Crippen molar-refractivity contribution >= 4 is 5.91 Å². The van der Waals surface area contributed by atoms with Gasteiger partial charge in [0.2, 0.25) is 5.91 Å². The van der Waals surface area contributed by atoms with Crippen LogP contribution in [0.5, 0.6) is 0 Å². The third-order valence-corrected chi connectivity index (χ3v) is 0.927. The molecule has 0 radical (unpaired) electrons. The Morgan fingerprint density at radius 3 is 2.70 bits per heavy atom. The van der Waals surface area contributed by atoms with Crippen molar-refractivity contribution < 1.29 is 9.53 Å². The van der Waals surface area contributed by atoms with Gasteiger partial charge in [-0.3, -0.25) is 4.79 Å². The lowest BCUT2D eigenvalue weighted by Crippen LogP contribution is -2.26. The number of nitrogens with one attached hydrogen (secondary N) is 1. The van der Waals surface area contributed by atoms with Crippen molar-refractivity contribution in [1.82, 2.24) is 5.32 Å². The Kier molecular flexibility index (Phi) is 4.58. The highest BCUT2D eigenvalue weighted by atomic mass is 16.5. The van der Waals surface area contributed by atoms with Crippen LogP contribution in [0.4, 0.5) is 0 Å². The number of amides is 1. The largest absolute Gasteiger partial charge is 0.362 e. The number of hydrogen-bond donors (Lipinski definition) is 1. The molecule has 0 fully saturated rings. The molecule has 0 aromatic carbocycles. The van der Waals surface area contributed by atoms with E-state index in [1.54, 1.807) is 6.92 Å². The van der Waals surface area contributed by atoms with Crippen LogP contribution >= 0.6 is 0 Å². The average molecular weight is 143 g/mol. The number of hydrogen-bond acceptors (Lipinski definition) is 2. The van der Waals surface area contributed by atoms with E-state index in [9.17, 15) is 4.79 Å². The maximum atomic E-state index is 10.7. The molecule has 0 bridgehead atoms. The fraction of sp³-hybridized carbons (Fsp3) is 0.571. The normalized spacial score (nSPS) is 9.00. The van der Waals surface area contributed by atoms with E-state index in [0.29, 0.717) is 12.2 Å². The maximum absolute atomic E-state index is 10.7. The summed E-state index contributed by atoms with van der Waals surface area (Å²) in [6.45, 7) is 7.86. The molecular weight excluding hydrogens is 130 g/mol. The maximum Gasteiger partial charge on any atom is 0.248 e. The molecule has 0 atom stereocenters. The summed E-state index contributed by atoms with van der Waals surface area (Å²) in [6.07, 6.45) is 0. The summed E-state index contributed by atoms with van der Waals surface area (Å²) in [5, 5.41) is 2.52. The Hall–Kier alpha value is -0.830. The van der Waals surface area contributed by atoms with Crippen LogP contribution in [0.3, 0.4) is 0 Å². The van der Waals surface area contributed by atoms with Gasteiger partial charge in [-0.25, -0.2) is 0 Å². The third kappa shape index (κ3) is 4.09. The molecule has 3 heteroatoms. The van der Waals surface area contributed by atoms with E-state index >= 15 is 0 Å². The standard InChI is InChI=1S/C7H13NO2/c1-4-10-5-8-7(9)6(2)3/h2,4-5H2,1,3H3,(H,8,9). The quantitative estimate of drug-likeness (QED) is 0.357. The van der Waals surface area contributed by atoms with Crippen molar-refractivity contribution in [2.75, 3.05) is 13.3 Å². The lowest BCUT2D eigenvalue weighted by Gasteiger charge is -2.02. The van der Waals surface area contributed by atoms with Gasteiger partial charge in [-0.2, -0.15) is 0 Å². The molecule has 1 amide bonds. The van der Waals surface area contributed by atoms with Gasteiger partial charge in [-0.15, -0.1) is 0 Å². The first-order valence-electron chi connectivity index (χ1n) is 3.20. The monoisotopic (exact) mass is 143 g/mol. The summed E-state index contributed by atoms with van der Waals surface area (Å²) in [5.41, 5.74) is 0.500. The Bertz CT molecular complexity index is 132. The predicted molar refractivity (Wildman–Crippen MR) is 39.4 cm³/mol. The Morgan fingerprint density at radius 2 is 2.30 bits per heavy atom. The van der Waals surface area contributed by atoms with Crippen LogP contribution in [0.2, 0.25) is 0 Å². The molecule has 0 saturated heterocycles. The highest BCUT2D eigenvalue weighted by molar-refractivity contribution is 5.91. The molecule has 0 spiro atoms. The second-order valence-corrected chi connectivity index (χ2v) is 1.92. The van der Waals surface area contributed by atoms with Gasteiger partial charge in [0.05, 0.1) is 0 Å². The molecule has 0 aliphatic heterocycles. The Morgan fingerprint density at radius 1 is 1.70 bits per heavy atom. The summed E-state index contributed by atoms with van der Waals surface area (Å²) in [6, 6.07) is 0. The first-order valence-corrected chi connectivity index (χ1v) is 3.20. The molecule has 0 unspecified atom stereocenters. The molecule has 0 aromatic rings. The molecule has 0 heterocycles. The molecule has 10 heavy (non-hydrogen) atoms. The van der Waals surface area contributed by atoms with Crippen LogP contribution in [0.1, 0.15) is 13.8 Å². The van der Waals surface area contributed by atoms with Crippen molar-refractivity contribution in [1.29, 1.82) is 0 Å². The fourth-order valence-corrected chi connectivity index (χ4v) is 0.370. The lowest BCUT2D eigenvalue weighted by atomic mass is 10.3. The summed E-state index contributed by atoms with van der Waals surface area (Å²) < 4.78 is 4.88. The summed E-state index contributed by atoms with van der Waals surface area (Å²) in [7, 11) is 0. The van der Waals surface area contributed by atoms with Crippen molar-refractivity contribution in [3.63, 3.8) is 0 Å². The molecule has 0 aromatic heterocycles. The van der Waals surface area contributed by atoms with Gasteiger partial charge in [0, 0.05) is 12.2 Å². The van der Waals surface area contributed by atoms with E-state index in [2.05, 4.69) is 11.9 Å². The topological polar surface area (TPSA) is 38.3 Å². The van der Waals surface area contributed by atoms with Crippen LogP contribution in [-0.4, -0.2) is 19.2 Å². The SMILES string of the molecule is C=C(C)C(=O)NCOCC. The van der Waals surface area contributed by atoms with Gasteiger partial charge in [0.15, 0.2) is 0 Å². The van der Waals surface area contributed by atoms with E-state index in [0.717, 1.165) is 0 Å². The number of ether oxygens (including phenoxy) is 1. The zero-order valence-corrected chi connectivity index (χ0v) is 6.44. The number of carbonyl (C=O) groups excluding carboxylic acids is 1. The van der Waals surface area contributed by atoms with Gasteiger partial charge >= 0.3 is 0 Å². The average Bonchev–Trinajstić information content (AvgIpc) is 1.88. The zero-order chi connectivity index (χ0) is 7.98. The van der Waals surface area contributed by atoms with Gasteiger partial charge in [-0.1, -0.05) is 6.58 Å². The van der Waals surface area contributed by atoms with Crippen molar-refractivity contribution in [3.8, 4) is 0 Å². The van der Waals surface area contributed by atoms with Crippen LogP contribution < -0.4 is 5.32 Å². The summed E-state index contributed by atoms with van der Waals surface area (Å²) in [4.78, 5) is 10.7. The van der Waals surface area contributed by atoms with Crippen molar-refractivity contribution in [2.24, 2.45) is 0 Å². The highest BCUT2D eigenvalue weighted by Gasteiger charge is 1.97. The highest BCUT2D eigenvalue weighted by Crippen LogP contribution is 1.84. The smallest absolute Gasteiger partial charge is 0.248 e. The lowest BCUT2D eigenvalue weighted by molar-refractivity contribution is -0.119. The molecule has 0 rings (SSSR count). The van der Waals surface area contributed by atoms with E-state index in [1.165, 1.54) is 0 Å². The molecule has 1 N–H and O–H groups in total. The van der Waals surface area contributed by atoms with Crippen molar-refractivity contribution in [2.45, 2.75) is 13.8 Å². The summed E-state index contributed by atoms with van der Waals surface area (Å²) in [5.74, 6) is -0.159. The Labute approximate surface area is 61.1 Å². The van der Waals surface area contributed by atoms with E-state index in [1.807, 2.05) is 6.92 Å². The molecular formula is C7H13NO2. The summed E-state index contributed by atoms with van der Waals surface area (Å²) >= 11 is 0. The first-order chi connectivity index (χ1) is 4.68. The minimum absolute atomic E-state index is 0.159. The number of rotatable bonds is 4. The fourth-order valence-electron chi connectivity index (χ4n) is 0.370. The minimum Gasteiger partial charge on any atom is -0.362 e.